The maximum Gasteiger partial charge on any atom is 0.0596 e. The van der Waals surface area contributed by atoms with Crippen molar-refractivity contribution in [3.8, 4) is 0 Å². The molecule has 1 aromatic rings. The van der Waals surface area contributed by atoms with Crippen molar-refractivity contribution in [1.82, 2.24) is 4.90 Å². The van der Waals surface area contributed by atoms with Crippen molar-refractivity contribution in [2.75, 3.05) is 6.54 Å². The summed E-state index contributed by atoms with van der Waals surface area (Å²) in [7, 11) is 0. The second kappa shape index (κ2) is 5.23. The van der Waals surface area contributed by atoms with Gasteiger partial charge in [-0.25, -0.2) is 0 Å². The van der Waals surface area contributed by atoms with Crippen molar-refractivity contribution < 1.29 is 0 Å². The van der Waals surface area contributed by atoms with E-state index in [2.05, 4.69) is 33.8 Å². The predicted molar refractivity (Wildman–Crippen MR) is 81.1 cm³/mol. The summed E-state index contributed by atoms with van der Waals surface area (Å²) in [4.78, 5) is 5.52. The van der Waals surface area contributed by atoms with E-state index in [0.29, 0.717) is 12.1 Å². The third-order valence-corrected chi connectivity index (χ3v) is 6.36. The van der Waals surface area contributed by atoms with Gasteiger partial charge in [-0.15, -0.1) is 11.3 Å². The third kappa shape index (κ3) is 2.53. The zero-order valence-corrected chi connectivity index (χ0v) is 13.3. The van der Waals surface area contributed by atoms with Gasteiger partial charge >= 0.3 is 0 Å². The number of rotatable bonds is 2. The summed E-state index contributed by atoms with van der Waals surface area (Å²) in [5.74, 6) is 0. The SMILES string of the molecule is Cc1sc(C2C(N)CCCCN2C2CC2)cc1Br. The number of nitrogens with zero attached hydrogens (tertiary/aromatic N) is 1. The number of nitrogens with two attached hydrogens (primary N) is 1. The standard InChI is InChI=1S/C14H21BrN2S/c1-9-11(15)8-13(18-9)14-12(16)4-2-3-7-17(14)10-5-6-10/h8,10,12,14H,2-7,16H2,1H3. The Balaban J connectivity index is 1.92. The van der Waals surface area contributed by atoms with Crippen molar-refractivity contribution in [3.05, 3.63) is 20.3 Å². The summed E-state index contributed by atoms with van der Waals surface area (Å²) < 4.78 is 1.25. The molecule has 0 aromatic carbocycles. The second-order valence-corrected chi connectivity index (χ2v) is 7.77. The molecule has 1 aromatic heterocycles. The highest BCUT2D eigenvalue weighted by Crippen LogP contribution is 2.42. The molecule has 1 saturated carbocycles. The first-order chi connectivity index (χ1) is 8.66. The molecule has 0 spiro atoms. The quantitative estimate of drug-likeness (QED) is 0.893. The Labute approximate surface area is 122 Å². The monoisotopic (exact) mass is 328 g/mol. The fourth-order valence-electron chi connectivity index (χ4n) is 3.03. The second-order valence-electron chi connectivity index (χ2n) is 5.63. The summed E-state index contributed by atoms with van der Waals surface area (Å²) in [5, 5.41) is 0. The van der Waals surface area contributed by atoms with E-state index in [-0.39, 0.29) is 0 Å². The van der Waals surface area contributed by atoms with Crippen LogP contribution in [-0.2, 0) is 0 Å². The lowest BCUT2D eigenvalue weighted by molar-refractivity contribution is 0.178. The molecule has 2 N–H and O–H groups in total. The highest BCUT2D eigenvalue weighted by molar-refractivity contribution is 9.10. The van der Waals surface area contributed by atoms with Gasteiger partial charge < -0.3 is 5.73 Å². The normalized spacial score (nSPS) is 30.4. The van der Waals surface area contributed by atoms with Crippen molar-refractivity contribution in [2.24, 2.45) is 5.73 Å². The zero-order valence-electron chi connectivity index (χ0n) is 10.9. The molecule has 2 atom stereocenters. The molecule has 4 heteroatoms. The van der Waals surface area contributed by atoms with E-state index in [1.54, 1.807) is 0 Å². The summed E-state index contributed by atoms with van der Waals surface area (Å²) >= 11 is 5.56. The van der Waals surface area contributed by atoms with Crippen LogP contribution < -0.4 is 5.73 Å². The lowest BCUT2D eigenvalue weighted by atomic mass is 10.0. The minimum absolute atomic E-state index is 0.304. The maximum absolute atomic E-state index is 6.48. The van der Waals surface area contributed by atoms with E-state index in [4.69, 9.17) is 5.73 Å². The van der Waals surface area contributed by atoms with Crippen molar-refractivity contribution in [2.45, 2.75) is 57.2 Å². The van der Waals surface area contributed by atoms with Crippen LogP contribution in [0.2, 0.25) is 0 Å². The average molecular weight is 329 g/mol. The summed E-state index contributed by atoms with van der Waals surface area (Å²) in [6.07, 6.45) is 6.50. The number of likely N-dealkylation sites (tertiary alicyclic amines) is 1. The van der Waals surface area contributed by atoms with E-state index in [0.717, 1.165) is 6.04 Å². The van der Waals surface area contributed by atoms with E-state index in [9.17, 15) is 0 Å². The van der Waals surface area contributed by atoms with Crippen LogP contribution in [0.4, 0.5) is 0 Å². The molecule has 2 aliphatic rings. The molecule has 0 amide bonds. The van der Waals surface area contributed by atoms with E-state index < -0.39 is 0 Å². The zero-order chi connectivity index (χ0) is 12.7. The molecule has 2 heterocycles. The lowest BCUT2D eigenvalue weighted by Crippen LogP contribution is -2.40. The van der Waals surface area contributed by atoms with Gasteiger partial charge in [-0.05, 0) is 61.1 Å². The van der Waals surface area contributed by atoms with Crippen LogP contribution in [-0.4, -0.2) is 23.5 Å². The Bertz CT molecular complexity index is 408. The van der Waals surface area contributed by atoms with Gasteiger partial charge in [0.05, 0.1) is 6.04 Å². The van der Waals surface area contributed by atoms with Gasteiger partial charge in [-0.3, -0.25) is 4.90 Å². The molecule has 0 bridgehead atoms. The maximum atomic E-state index is 6.48. The van der Waals surface area contributed by atoms with Crippen LogP contribution in [0.1, 0.15) is 47.9 Å². The third-order valence-electron chi connectivity index (χ3n) is 4.15. The van der Waals surface area contributed by atoms with Gasteiger partial charge in [0.15, 0.2) is 0 Å². The molecule has 1 aliphatic carbocycles. The largest absolute Gasteiger partial charge is 0.326 e. The number of halogens is 1. The topological polar surface area (TPSA) is 29.3 Å². The molecular formula is C14H21BrN2S. The highest BCUT2D eigenvalue weighted by Gasteiger charge is 2.38. The summed E-state index contributed by atoms with van der Waals surface area (Å²) in [5.41, 5.74) is 6.48. The Morgan fingerprint density at radius 1 is 1.33 bits per heavy atom. The lowest BCUT2D eigenvalue weighted by Gasteiger charge is -2.32. The highest BCUT2D eigenvalue weighted by atomic mass is 79.9. The van der Waals surface area contributed by atoms with Gasteiger partial charge in [-0.2, -0.15) is 0 Å². The number of hydrogen-bond acceptors (Lipinski definition) is 3. The fourth-order valence-corrected chi connectivity index (χ4v) is 4.79. The first-order valence-electron chi connectivity index (χ1n) is 6.94. The number of hydrogen-bond donors (Lipinski definition) is 1. The first kappa shape index (κ1) is 13.1. The Morgan fingerprint density at radius 2 is 2.11 bits per heavy atom. The van der Waals surface area contributed by atoms with E-state index in [1.807, 2.05) is 11.3 Å². The first-order valence-corrected chi connectivity index (χ1v) is 8.55. The van der Waals surface area contributed by atoms with Gasteiger partial charge in [0.2, 0.25) is 0 Å². The molecule has 3 rings (SSSR count). The Morgan fingerprint density at radius 3 is 2.72 bits per heavy atom. The number of aryl methyl sites for hydroxylation is 1. The average Bonchev–Trinajstić information content (AvgIpc) is 3.11. The van der Waals surface area contributed by atoms with Crippen LogP contribution in [0.15, 0.2) is 10.5 Å². The minimum Gasteiger partial charge on any atom is -0.326 e. The van der Waals surface area contributed by atoms with Crippen molar-refractivity contribution >= 4 is 27.3 Å². The van der Waals surface area contributed by atoms with Gasteiger partial charge in [0.25, 0.3) is 0 Å². The van der Waals surface area contributed by atoms with Crippen LogP contribution >= 0.6 is 27.3 Å². The Hall–Kier alpha value is 0.100. The van der Waals surface area contributed by atoms with Crippen LogP contribution in [0.5, 0.6) is 0 Å². The molecule has 1 aliphatic heterocycles. The Kier molecular flexibility index (Phi) is 3.81. The molecular weight excluding hydrogens is 308 g/mol. The van der Waals surface area contributed by atoms with Crippen molar-refractivity contribution in [1.29, 1.82) is 0 Å². The summed E-state index contributed by atoms with van der Waals surface area (Å²) in [6.45, 7) is 3.42. The molecule has 2 unspecified atom stereocenters. The fraction of sp³-hybridized carbons (Fsp3) is 0.714. The van der Waals surface area contributed by atoms with Gasteiger partial charge in [0.1, 0.15) is 0 Å². The molecule has 1 saturated heterocycles. The van der Waals surface area contributed by atoms with Gasteiger partial charge in [-0.1, -0.05) is 6.42 Å². The minimum atomic E-state index is 0.304. The smallest absolute Gasteiger partial charge is 0.0596 e. The molecule has 100 valence electrons. The predicted octanol–water partition coefficient (Wildman–Crippen LogP) is 3.84. The molecule has 2 fully saturated rings. The number of thiophene rings is 1. The van der Waals surface area contributed by atoms with E-state index in [1.165, 1.54) is 52.9 Å². The van der Waals surface area contributed by atoms with Crippen molar-refractivity contribution in [3.63, 3.8) is 0 Å². The summed E-state index contributed by atoms with van der Waals surface area (Å²) in [6, 6.07) is 3.86. The molecule has 18 heavy (non-hydrogen) atoms. The van der Waals surface area contributed by atoms with Crippen LogP contribution in [0.3, 0.4) is 0 Å². The van der Waals surface area contributed by atoms with Gasteiger partial charge in [0, 0.05) is 26.3 Å². The van der Waals surface area contributed by atoms with Crippen LogP contribution in [0.25, 0.3) is 0 Å². The molecule has 2 nitrogen and oxygen atoms in total. The van der Waals surface area contributed by atoms with E-state index >= 15 is 0 Å². The molecule has 0 radical (unpaired) electrons. The van der Waals surface area contributed by atoms with Crippen LogP contribution in [0, 0.1) is 6.92 Å².